The van der Waals surface area contributed by atoms with E-state index in [4.69, 9.17) is 0 Å². The molecule has 0 atom stereocenters. The van der Waals surface area contributed by atoms with Crippen molar-refractivity contribution in [3.05, 3.63) is 29.3 Å². The zero-order valence-corrected chi connectivity index (χ0v) is 9.65. The molecule has 1 aromatic carbocycles. The van der Waals surface area contributed by atoms with Gasteiger partial charge in [0.05, 0.1) is 5.60 Å². The lowest BCUT2D eigenvalue weighted by Crippen LogP contribution is -2.11. The summed E-state index contributed by atoms with van der Waals surface area (Å²) in [4.78, 5) is 1.45. The Balaban J connectivity index is 1.84. The predicted octanol–water partition coefficient (Wildman–Crippen LogP) is 2.79. The molecule has 15 heavy (non-hydrogen) atoms. The number of rotatable bonds is 2. The van der Waals surface area contributed by atoms with Crippen LogP contribution in [-0.4, -0.2) is 16.5 Å². The van der Waals surface area contributed by atoms with Gasteiger partial charge < -0.3 is 5.11 Å². The molecule has 1 fully saturated rings. The van der Waals surface area contributed by atoms with E-state index in [0.29, 0.717) is 0 Å². The molecule has 0 amide bonds. The number of aliphatic hydroxyl groups is 1. The van der Waals surface area contributed by atoms with Crippen molar-refractivity contribution in [3.8, 4) is 0 Å². The SMILES string of the molecule is OC1(Cc2ccc3c(c2)SCCC3)CC1. The molecule has 1 aliphatic heterocycles. The number of fused-ring (bicyclic) bond motifs is 1. The molecule has 0 aromatic heterocycles. The lowest BCUT2D eigenvalue weighted by Gasteiger charge is -2.17. The number of hydrogen-bond donors (Lipinski definition) is 1. The maximum absolute atomic E-state index is 9.88. The van der Waals surface area contributed by atoms with Crippen LogP contribution in [0.4, 0.5) is 0 Å². The van der Waals surface area contributed by atoms with Gasteiger partial charge in [-0.2, -0.15) is 0 Å². The Morgan fingerprint density at radius 3 is 3.00 bits per heavy atom. The molecule has 0 bridgehead atoms. The molecule has 0 spiro atoms. The minimum atomic E-state index is -0.354. The second kappa shape index (κ2) is 3.53. The van der Waals surface area contributed by atoms with Crippen LogP contribution in [0.15, 0.2) is 23.1 Å². The first-order chi connectivity index (χ1) is 7.25. The van der Waals surface area contributed by atoms with Crippen LogP contribution in [0.25, 0.3) is 0 Å². The molecule has 1 N–H and O–H groups in total. The second-order valence-electron chi connectivity index (χ2n) is 4.80. The van der Waals surface area contributed by atoms with Crippen LogP contribution in [0.1, 0.15) is 30.4 Å². The Morgan fingerprint density at radius 2 is 2.20 bits per heavy atom. The molecule has 1 aliphatic carbocycles. The van der Waals surface area contributed by atoms with Gasteiger partial charge in [0, 0.05) is 11.3 Å². The molecule has 0 unspecified atom stereocenters. The van der Waals surface area contributed by atoms with Crippen LogP contribution in [0.5, 0.6) is 0 Å². The van der Waals surface area contributed by atoms with E-state index in [1.807, 2.05) is 11.8 Å². The van der Waals surface area contributed by atoms with Crippen LogP contribution < -0.4 is 0 Å². The van der Waals surface area contributed by atoms with E-state index >= 15 is 0 Å². The zero-order valence-electron chi connectivity index (χ0n) is 8.83. The average molecular weight is 220 g/mol. The van der Waals surface area contributed by atoms with E-state index in [9.17, 15) is 5.11 Å². The van der Waals surface area contributed by atoms with Gasteiger partial charge in [-0.25, -0.2) is 0 Å². The molecule has 1 nitrogen and oxygen atoms in total. The third-order valence-corrected chi connectivity index (χ3v) is 4.52. The molecule has 0 saturated heterocycles. The summed E-state index contributed by atoms with van der Waals surface area (Å²) >= 11 is 1.97. The van der Waals surface area contributed by atoms with Crippen molar-refractivity contribution >= 4 is 11.8 Å². The Morgan fingerprint density at radius 1 is 1.33 bits per heavy atom. The maximum Gasteiger partial charge on any atom is 0.0690 e. The van der Waals surface area contributed by atoms with Crippen molar-refractivity contribution in [1.82, 2.24) is 0 Å². The van der Waals surface area contributed by atoms with E-state index in [1.54, 1.807) is 0 Å². The Hall–Kier alpha value is -0.470. The number of thioether (sulfide) groups is 1. The highest BCUT2D eigenvalue weighted by Crippen LogP contribution is 2.39. The fourth-order valence-electron chi connectivity index (χ4n) is 2.20. The summed E-state index contributed by atoms with van der Waals surface area (Å²) in [5.74, 6) is 1.25. The first-order valence-electron chi connectivity index (χ1n) is 5.72. The summed E-state index contributed by atoms with van der Waals surface area (Å²) < 4.78 is 0. The topological polar surface area (TPSA) is 20.2 Å². The Kier molecular flexibility index (Phi) is 2.29. The first-order valence-corrected chi connectivity index (χ1v) is 6.71. The van der Waals surface area contributed by atoms with Gasteiger partial charge in [0.25, 0.3) is 0 Å². The fraction of sp³-hybridized carbons (Fsp3) is 0.538. The average Bonchev–Trinajstić information content (AvgIpc) is 2.96. The standard InChI is InChI=1S/C13H16OS/c14-13(5-6-13)9-10-3-4-11-2-1-7-15-12(11)8-10/h3-4,8,14H,1-2,5-7,9H2. The van der Waals surface area contributed by atoms with Gasteiger partial charge in [-0.15, -0.1) is 11.8 Å². The van der Waals surface area contributed by atoms with Crippen molar-refractivity contribution in [3.63, 3.8) is 0 Å². The molecular weight excluding hydrogens is 204 g/mol. The van der Waals surface area contributed by atoms with E-state index in [1.165, 1.54) is 34.6 Å². The summed E-state index contributed by atoms with van der Waals surface area (Å²) in [6, 6.07) is 6.74. The molecule has 2 heteroatoms. The summed E-state index contributed by atoms with van der Waals surface area (Å²) in [7, 11) is 0. The number of aryl methyl sites for hydroxylation is 1. The molecule has 3 rings (SSSR count). The van der Waals surface area contributed by atoms with Gasteiger partial charge in [0.15, 0.2) is 0 Å². The van der Waals surface area contributed by atoms with E-state index < -0.39 is 0 Å². The van der Waals surface area contributed by atoms with Crippen LogP contribution in [-0.2, 0) is 12.8 Å². The summed E-state index contributed by atoms with van der Waals surface area (Å²) in [5, 5.41) is 9.88. The van der Waals surface area contributed by atoms with E-state index in [2.05, 4.69) is 18.2 Å². The normalized spacial score (nSPS) is 22.2. The summed E-state index contributed by atoms with van der Waals surface area (Å²) in [6.45, 7) is 0. The quantitative estimate of drug-likeness (QED) is 0.827. The summed E-state index contributed by atoms with van der Waals surface area (Å²) in [6.07, 6.45) is 5.35. The fourth-order valence-corrected chi connectivity index (χ4v) is 3.29. The van der Waals surface area contributed by atoms with Crippen LogP contribution in [0.3, 0.4) is 0 Å². The first kappa shape index (κ1) is 9.73. The van der Waals surface area contributed by atoms with E-state index in [0.717, 1.165) is 19.3 Å². The third-order valence-electron chi connectivity index (χ3n) is 3.34. The molecule has 2 aliphatic rings. The summed E-state index contributed by atoms with van der Waals surface area (Å²) in [5.41, 5.74) is 2.45. The number of hydrogen-bond acceptors (Lipinski definition) is 2. The molecule has 1 heterocycles. The minimum absolute atomic E-state index is 0.354. The monoisotopic (exact) mass is 220 g/mol. The highest BCUT2D eigenvalue weighted by molar-refractivity contribution is 7.99. The van der Waals surface area contributed by atoms with Gasteiger partial charge in [-0.05, 0) is 48.6 Å². The van der Waals surface area contributed by atoms with Crippen molar-refractivity contribution in [2.75, 3.05) is 5.75 Å². The van der Waals surface area contributed by atoms with Crippen molar-refractivity contribution in [2.24, 2.45) is 0 Å². The van der Waals surface area contributed by atoms with Crippen LogP contribution in [0, 0.1) is 0 Å². The van der Waals surface area contributed by atoms with Crippen LogP contribution in [0.2, 0.25) is 0 Å². The van der Waals surface area contributed by atoms with Crippen molar-refractivity contribution in [1.29, 1.82) is 0 Å². The number of benzene rings is 1. The Bertz CT molecular complexity index is 382. The van der Waals surface area contributed by atoms with Crippen molar-refractivity contribution < 1.29 is 5.11 Å². The highest BCUT2D eigenvalue weighted by Gasteiger charge is 2.40. The Labute approximate surface area is 94.9 Å². The minimum Gasteiger partial charge on any atom is -0.390 e. The molecule has 80 valence electrons. The van der Waals surface area contributed by atoms with Crippen molar-refractivity contribution in [2.45, 2.75) is 42.6 Å². The molecular formula is C13H16OS. The van der Waals surface area contributed by atoms with Crippen LogP contribution >= 0.6 is 11.8 Å². The van der Waals surface area contributed by atoms with Gasteiger partial charge in [0.1, 0.15) is 0 Å². The molecule has 0 radical (unpaired) electrons. The lowest BCUT2D eigenvalue weighted by atomic mass is 10.0. The predicted molar refractivity (Wildman–Crippen MR) is 63.4 cm³/mol. The maximum atomic E-state index is 9.88. The zero-order chi connectivity index (χ0) is 10.3. The molecule has 1 saturated carbocycles. The highest BCUT2D eigenvalue weighted by atomic mass is 32.2. The lowest BCUT2D eigenvalue weighted by molar-refractivity contribution is 0.151. The van der Waals surface area contributed by atoms with E-state index in [-0.39, 0.29) is 5.60 Å². The molecule has 1 aromatic rings. The van der Waals surface area contributed by atoms with Gasteiger partial charge >= 0.3 is 0 Å². The van der Waals surface area contributed by atoms with Gasteiger partial charge in [0.2, 0.25) is 0 Å². The van der Waals surface area contributed by atoms with Gasteiger partial charge in [-0.3, -0.25) is 0 Å². The smallest absolute Gasteiger partial charge is 0.0690 e. The van der Waals surface area contributed by atoms with Gasteiger partial charge in [-0.1, -0.05) is 12.1 Å². The second-order valence-corrected chi connectivity index (χ2v) is 5.93. The largest absolute Gasteiger partial charge is 0.390 e. The third kappa shape index (κ3) is 2.06.